The highest BCUT2D eigenvalue weighted by Gasteiger charge is 2.31. The van der Waals surface area contributed by atoms with Crippen molar-refractivity contribution in [3.8, 4) is 0 Å². The molecule has 0 radical (unpaired) electrons. The van der Waals surface area contributed by atoms with E-state index in [0.29, 0.717) is 6.04 Å². The molecule has 0 saturated carbocycles. The van der Waals surface area contributed by atoms with Gasteiger partial charge in [0.25, 0.3) is 5.52 Å². The molecule has 0 bridgehead atoms. The Bertz CT molecular complexity index is 627. The summed E-state index contributed by atoms with van der Waals surface area (Å²) in [6.07, 6.45) is 0.135. The Kier molecular flexibility index (Phi) is 2.94. The van der Waals surface area contributed by atoms with Gasteiger partial charge in [-0.05, 0) is 11.6 Å². The number of rotatable bonds is 1. The van der Waals surface area contributed by atoms with Crippen molar-refractivity contribution in [1.29, 1.82) is 0 Å². The second kappa shape index (κ2) is 4.80. The molecule has 6 heteroatoms. The van der Waals surface area contributed by atoms with Crippen LogP contribution in [0.4, 0.5) is 0 Å². The van der Waals surface area contributed by atoms with Crippen LogP contribution in [0.15, 0.2) is 22.8 Å². The highest BCUT2D eigenvalue weighted by molar-refractivity contribution is 5.71. The van der Waals surface area contributed by atoms with Gasteiger partial charge in [-0.2, -0.15) is 0 Å². The Morgan fingerprint density at radius 3 is 3.35 bits per heavy atom. The molecule has 2 aliphatic rings. The van der Waals surface area contributed by atoms with Crippen molar-refractivity contribution in [2.45, 2.75) is 12.1 Å². The molecule has 1 aromatic heterocycles. The number of fused-ring (bicyclic) bond motifs is 2. The van der Waals surface area contributed by atoms with Gasteiger partial charge in [-0.3, -0.25) is 4.90 Å². The zero-order valence-electron chi connectivity index (χ0n) is 11.6. The van der Waals surface area contributed by atoms with Gasteiger partial charge in [-0.15, -0.1) is 0 Å². The van der Waals surface area contributed by atoms with E-state index in [1.54, 1.807) is 4.74 Å². The van der Waals surface area contributed by atoms with Crippen molar-refractivity contribution in [2.75, 3.05) is 32.8 Å². The number of benzene rings is 1. The summed E-state index contributed by atoms with van der Waals surface area (Å²) in [6.45, 7) is 4.96. The number of piperazine rings is 1. The molecule has 3 heterocycles. The molecule has 2 aliphatic heterocycles. The van der Waals surface area contributed by atoms with E-state index < -0.39 is 0 Å². The number of nitrogens with zero attached hydrogens (tertiary/aromatic N) is 3. The van der Waals surface area contributed by atoms with Crippen molar-refractivity contribution in [3.05, 3.63) is 23.8 Å². The summed E-state index contributed by atoms with van der Waals surface area (Å²) in [5, 5.41) is 7.48. The Balaban J connectivity index is 1.59. The van der Waals surface area contributed by atoms with Crippen molar-refractivity contribution < 1.29 is 14.1 Å². The van der Waals surface area contributed by atoms with Gasteiger partial charge >= 0.3 is 0 Å². The third-order valence-corrected chi connectivity index (χ3v) is 4.33. The third-order valence-electron chi connectivity index (χ3n) is 4.33. The van der Waals surface area contributed by atoms with Crippen LogP contribution in [0.1, 0.15) is 11.7 Å². The first-order valence-corrected chi connectivity index (χ1v) is 7.13. The molecular weight excluding hydrogens is 256 g/mol. The summed E-state index contributed by atoms with van der Waals surface area (Å²) in [6, 6.07) is 6.77. The first-order valence-electron chi connectivity index (χ1n) is 7.13. The van der Waals surface area contributed by atoms with Crippen LogP contribution in [-0.4, -0.2) is 48.9 Å². The molecule has 2 saturated heterocycles. The van der Waals surface area contributed by atoms with Crippen LogP contribution in [-0.2, 0) is 11.8 Å². The molecule has 2 fully saturated rings. The number of hydrogen-bond donors (Lipinski definition) is 1. The fraction of sp³-hybridized carbons (Fsp3) is 0.571. The Morgan fingerprint density at radius 1 is 1.45 bits per heavy atom. The van der Waals surface area contributed by atoms with Gasteiger partial charge in [-0.25, -0.2) is 0 Å². The van der Waals surface area contributed by atoms with Gasteiger partial charge in [0, 0.05) is 38.3 Å². The highest BCUT2D eigenvalue weighted by Crippen LogP contribution is 2.26. The Hall–Kier alpha value is -1.50. The molecule has 1 aromatic carbocycles. The Morgan fingerprint density at radius 2 is 2.40 bits per heavy atom. The van der Waals surface area contributed by atoms with E-state index in [4.69, 9.17) is 9.37 Å². The van der Waals surface area contributed by atoms with E-state index >= 15 is 0 Å². The van der Waals surface area contributed by atoms with E-state index in [2.05, 4.69) is 27.5 Å². The van der Waals surface area contributed by atoms with Crippen molar-refractivity contribution in [2.24, 2.45) is 7.05 Å². The second-order valence-electron chi connectivity index (χ2n) is 5.59. The molecule has 2 aromatic rings. The van der Waals surface area contributed by atoms with Crippen molar-refractivity contribution in [3.63, 3.8) is 0 Å². The largest absolute Gasteiger partial charge is 0.371 e. The molecule has 0 spiro atoms. The van der Waals surface area contributed by atoms with E-state index in [9.17, 15) is 0 Å². The molecule has 1 N–H and O–H groups in total. The van der Waals surface area contributed by atoms with Crippen LogP contribution in [0.5, 0.6) is 0 Å². The molecule has 0 amide bonds. The van der Waals surface area contributed by atoms with E-state index in [-0.39, 0.29) is 6.10 Å². The third kappa shape index (κ3) is 2.00. The number of morpholine rings is 1. The predicted octanol–water partition coefficient (Wildman–Crippen LogP) is -0.00260. The van der Waals surface area contributed by atoms with Crippen LogP contribution in [0, 0.1) is 0 Å². The Labute approximate surface area is 117 Å². The monoisotopic (exact) mass is 275 g/mol. The average molecular weight is 275 g/mol. The first kappa shape index (κ1) is 12.3. The number of aryl methyl sites for hydroxylation is 1. The molecule has 106 valence electrons. The maximum Gasteiger partial charge on any atom is 0.273 e. The van der Waals surface area contributed by atoms with Gasteiger partial charge in [0.15, 0.2) is 5.16 Å². The zero-order chi connectivity index (χ0) is 13.5. The number of ether oxygens (including phenoxy) is 1. The van der Waals surface area contributed by atoms with Crippen LogP contribution >= 0.6 is 0 Å². The van der Waals surface area contributed by atoms with Gasteiger partial charge in [0.05, 0.1) is 12.7 Å². The lowest BCUT2D eigenvalue weighted by Gasteiger charge is -2.42. The lowest BCUT2D eigenvalue weighted by atomic mass is 10.0. The van der Waals surface area contributed by atoms with E-state index in [1.165, 1.54) is 5.56 Å². The summed E-state index contributed by atoms with van der Waals surface area (Å²) >= 11 is 0. The summed E-state index contributed by atoms with van der Waals surface area (Å²) in [5.41, 5.74) is 3.07. The smallest absolute Gasteiger partial charge is 0.273 e. The molecule has 6 nitrogen and oxygen atoms in total. The number of aromatic nitrogens is 2. The SMILES string of the molecule is C[n+]1onc2cc(C3CN4CCNC[C@H]4CO3)ccc21. The highest BCUT2D eigenvalue weighted by atomic mass is 16.6. The maximum absolute atomic E-state index is 6.04. The van der Waals surface area contributed by atoms with Crippen LogP contribution < -0.4 is 10.1 Å². The standard InChI is InChI=1S/C14H19N4O2/c1-17-13-3-2-10(6-12(13)16-20-17)14-8-18-5-4-15-7-11(18)9-19-14/h2-3,6,11,14-15H,4-5,7-9H2,1H3/q+1/t11-,14?/m0/s1. The van der Waals surface area contributed by atoms with Gasteiger partial charge in [0.2, 0.25) is 5.52 Å². The normalized spacial score (nSPS) is 27.6. The minimum Gasteiger partial charge on any atom is -0.371 e. The van der Waals surface area contributed by atoms with Crippen LogP contribution in [0.2, 0.25) is 0 Å². The van der Waals surface area contributed by atoms with Crippen LogP contribution in [0.3, 0.4) is 0 Å². The fourth-order valence-electron chi connectivity index (χ4n) is 3.13. The summed E-state index contributed by atoms with van der Waals surface area (Å²) in [5.74, 6) is 0. The van der Waals surface area contributed by atoms with Crippen LogP contribution in [0.25, 0.3) is 11.0 Å². The van der Waals surface area contributed by atoms with Crippen molar-refractivity contribution in [1.82, 2.24) is 15.4 Å². The average Bonchev–Trinajstić information content (AvgIpc) is 2.88. The minimum atomic E-state index is 0.135. The summed E-state index contributed by atoms with van der Waals surface area (Å²) in [7, 11) is 1.86. The number of nitrogens with one attached hydrogen (secondary N) is 1. The summed E-state index contributed by atoms with van der Waals surface area (Å²) < 4.78 is 12.9. The molecule has 1 unspecified atom stereocenters. The fourth-order valence-corrected chi connectivity index (χ4v) is 3.13. The molecule has 2 atom stereocenters. The topological polar surface area (TPSA) is 54.4 Å². The zero-order valence-corrected chi connectivity index (χ0v) is 11.6. The van der Waals surface area contributed by atoms with Gasteiger partial charge in [-0.1, -0.05) is 15.4 Å². The van der Waals surface area contributed by atoms with Gasteiger partial charge in [0.1, 0.15) is 7.05 Å². The van der Waals surface area contributed by atoms with E-state index in [1.807, 2.05) is 13.1 Å². The van der Waals surface area contributed by atoms with Crippen molar-refractivity contribution >= 4 is 11.0 Å². The molecule has 4 rings (SSSR count). The van der Waals surface area contributed by atoms with E-state index in [0.717, 1.165) is 43.8 Å². The number of hydrogen-bond acceptors (Lipinski definition) is 5. The lowest BCUT2D eigenvalue weighted by molar-refractivity contribution is -0.834. The quantitative estimate of drug-likeness (QED) is 0.742. The van der Waals surface area contributed by atoms with Gasteiger partial charge < -0.3 is 10.1 Å². The maximum atomic E-state index is 6.04. The first-order chi connectivity index (χ1) is 9.81. The minimum absolute atomic E-state index is 0.135. The molecule has 20 heavy (non-hydrogen) atoms. The summed E-state index contributed by atoms with van der Waals surface area (Å²) in [4.78, 5) is 2.53. The molecular formula is C14H19N4O2+. The lowest BCUT2D eigenvalue weighted by Crippen LogP contribution is -2.57. The predicted molar refractivity (Wildman–Crippen MR) is 72.1 cm³/mol. The molecule has 0 aliphatic carbocycles. The second-order valence-corrected chi connectivity index (χ2v) is 5.59.